The van der Waals surface area contributed by atoms with Gasteiger partial charge in [-0.2, -0.15) is 20.7 Å². The second-order valence-electron chi connectivity index (χ2n) is 16.9. The number of nitrogens with one attached hydrogen (secondary N) is 1. The van der Waals surface area contributed by atoms with E-state index in [1.807, 2.05) is 30.6 Å². The molecule has 2 fully saturated rings. The number of nitrogens with zero attached hydrogens (tertiary/aromatic N) is 13. The Morgan fingerprint density at radius 3 is 1.70 bits per heavy atom. The second kappa shape index (κ2) is 20.6. The van der Waals surface area contributed by atoms with Crippen LogP contribution in [0.25, 0.3) is 22.5 Å². The van der Waals surface area contributed by atoms with Gasteiger partial charge in [0.25, 0.3) is 5.91 Å². The molecule has 20 nitrogen and oxygen atoms in total. The Labute approximate surface area is 426 Å². The third kappa shape index (κ3) is 10.6. The van der Waals surface area contributed by atoms with E-state index in [4.69, 9.17) is 72.6 Å². The number of nitriles is 2. The van der Waals surface area contributed by atoms with Gasteiger partial charge >= 0.3 is 0 Å². The van der Waals surface area contributed by atoms with Crippen molar-refractivity contribution in [2.75, 3.05) is 24.7 Å². The number of nitrogen functional groups attached to an aromatic ring is 2. The molecule has 362 valence electrons. The van der Waals surface area contributed by atoms with Crippen LogP contribution in [0.15, 0.2) is 79.9 Å². The third-order valence-electron chi connectivity index (χ3n) is 12.1. The number of benzene rings is 2. The Morgan fingerprint density at radius 2 is 1.21 bits per heavy atom. The highest BCUT2D eigenvalue weighted by atomic mass is 35.5. The molecule has 1 amide bonds. The van der Waals surface area contributed by atoms with Gasteiger partial charge in [-0.3, -0.25) is 23.5 Å². The Kier molecular flexibility index (Phi) is 14.1. The van der Waals surface area contributed by atoms with E-state index in [1.54, 1.807) is 57.1 Å². The number of aromatic nitrogens is 10. The summed E-state index contributed by atoms with van der Waals surface area (Å²) in [5.74, 6) is 0.930. The molecule has 11 rings (SSSR count). The normalized spacial score (nSPS) is 15.2. The van der Waals surface area contributed by atoms with Crippen LogP contribution in [-0.4, -0.2) is 79.0 Å². The van der Waals surface area contributed by atoms with Crippen molar-refractivity contribution in [3.05, 3.63) is 123 Å². The number of hydrogen-bond donors (Lipinski definition) is 3. The fraction of sp³-hybridized carbons (Fsp3) is 0.298. The quantitative estimate of drug-likeness (QED) is 0.109. The Bertz CT molecular complexity index is 3200. The summed E-state index contributed by atoms with van der Waals surface area (Å²) in [6.07, 6.45) is 14.2. The number of imidazole rings is 1. The van der Waals surface area contributed by atoms with Crippen molar-refractivity contribution in [2.45, 2.75) is 65.0 Å². The lowest BCUT2D eigenvalue weighted by atomic mass is 10.0. The van der Waals surface area contributed by atoms with Gasteiger partial charge in [-0.15, -0.1) is 0 Å². The molecule has 0 bridgehead atoms. The third-order valence-corrected chi connectivity index (χ3v) is 13.1. The van der Waals surface area contributed by atoms with Crippen LogP contribution in [0.4, 0.5) is 11.9 Å². The van der Waals surface area contributed by atoms with Gasteiger partial charge in [0.1, 0.15) is 41.9 Å². The number of halogens is 4. The summed E-state index contributed by atoms with van der Waals surface area (Å²) >= 11 is 25.5. The molecule has 0 radical (unpaired) electrons. The maximum atomic E-state index is 12.9. The van der Waals surface area contributed by atoms with E-state index in [1.165, 1.54) is 17.1 Å². The molecular formula is C47H42Cl4N16O4. The van der Waals surface area contributed by atoms with Gasteiger partial charge in [0.05, 0.1) is 82.3 Å². The van der Waals surface area contributed by atoms with Gasteiger partial charge in [-0.05, 0) is 62.1 Å². The minimum Gasteiger partial charge on any atom is -0.491 e. The van der Waals surface area contributed by atoms with Gasteiger partial charge in [0, 0.05) is 71.4 Å². The molecule has 71 heavy (non-hydrogen) atoms. The number of anilines is 2. The van der Waals surface area contributed by atoms with Crippen molar-refractivity contribution in [1.29, 1.82) is 10.5 Å². The van der Waals surface area contributed by atoms with E-state index in [9.17, 15) is 14.9 Å². The number of ether oxygens (including phenoxy) is 2. The zero-order valence-corrected chi connectivity index (χ0v) is 40.6. The first-order valence-corrected chi connectivity index (χ1v) is 23.7. The molecule has 24 heteroatoms. The smallest absolute Gasteiger partial charge is 0.252 e. The Balaban J connectivity index is 0.000000145. The summed E-state index contributed by atoms with van der Waals surface area (Å²) in [6.45, 7) is 3.68. The molecular weight excluding hydrogens is 994 g/mol. The van der Waals surface area contributed by atoms with Crippen LogP contribution in [0.5, 0.6) is 11.5 Å². The highest BCUT2D eigenvalue weighted by Gasteiger charge is 2.54. The lowest BCUT2D eigenvalue weighted by molar-refractivity contribution is -0.135. The largest absolute Gasteiger partial charge is 0.491 e. The number of hydrogen-bond acceptors (Lipinski definition) is 16. The Morgan fingerprint density at radius 1 is 0.676 bits per heavy atom. The maximum Gasteiger partial charge on any atom is 0.252 e. The van der Waals surface area contributed by atoms with Crippen LogP contribution in [0.2, 0.25) is 20.1 Å². The fourth-order valence-electron chi connectivity index (χ4n) is 8.10. The molecule has 0 spiro atoms. The molecule has 0 atom stereocenters. The van der Waals surface area contributed by atoms with Crippen LogP contribution < -0.4 is 26.3 Å². The van der Waals surface area contributed by atoms with Crippen molar-refractivity contribution < 1.29 is 19.1 Å². The highest BCUT2D eigenvalue weighted by Crippen LogP contribution is 2.49. The SMILES string of the molecule is N#CC1(C(=O)N2Cc3nc(N)nc(-c4c(Cl)cc(Cl)cc4OCCn4cccn4)c3C2)CC1.N#CC1(C(=O)n2ccnc2)CC1.Nc1nc2c(c(-c3c(Cl)cc(Cl)cc3OCCn3cccn3)n1)CNC2. The summed E-state index contributed by atoms with van der Waals surface area (Å²) in [7, 11) is 0. The number of carbonyl (C=O) groups excluding carboxylic acids is 2. The molecule has 7 heterocycles. The van der Waals surface area contributed by atoms with E-state index < -0.39 is 10.8 Å². The van der Waals surface area contributed by atoms with Crippen molar-refractivity contribution in [1.82, 2.24) is 59.3 Å². The summed E-state index contributed by atoms with van der Waals surface area (Å²) in [6, 6.07) is 14.6. The van der Waals surface area contributed by atoms with E-state index in [2.05, 4.69) is 46.5 Å². The highest BCUT2D eigenvalue weighted by molar-refractivity contribution is 6.37. The summed E-state index contributed by atoms with van der Waals surface area (Å²) < 4.78 is 16.9. The number of amides is 1. The van der Waals surface area contributed by atoms with E-state index in [0.717, 1.165) is 16.8 Å². The van der Waals surface area contributed by atoms with E-state index in [0.29, 0.717) is 125 Å². The minimum atomic E-state index is -0.917. The Hall–Kier alpha value is -7.33. The average molecular weight is 1040 g/mol. The standard InChI is InChI=1S/C22H19Cl2N7O2.C17H16Cl2N6O.C8H7N3O/c23-13-8-15(24)18(17(9-13)33-7-6-31-5-1-4-27-31)19-14-10-30(11-16(14)28-21(26)29-19)20(32)22(12-25)2-3-22;18-10-6-12(19)15(14(7-10)26-5-4-25-3-1-2-22-25)16-11-8-21-9-13(11)23-17(20)24-16;9-5-8(1-2-8)7(12)11-4-3-10-6-11/h1,4-5,8-9H,2-3,6-7,10-11H2,(H2,26,28,29);1-3,6-7,21H,4-5,8-9H2,(H2,20,23,24);3-4,6H,1-2H2. The predicted molar refractivity (Wildman–Crippen MR) is 261 cm³/mol. The number of rotatable bonds is 12. The summed E-state index contributed by atoms with van der Waals surface area (Å²) in [4.78, 5) is 47.4. The minimum absolute atomic E-state index is 0.0629. The zero-order valence-electron chi connectivity index (χ0n) is 37.6. The molecule has 7 aromatic rings. The van der Waals surface area contributed by atoms with Crippen molar-refractivity contribution >= 4 is 70.1 Å². The second-order valence-corrected chi connectivity index (χ2v) is 18.6. The van der Waals surface area contributed by atoms with E-state index in [-0.39, 0.29) is 36.8 Å². The molecule has 5 aromatic heterocycles. The van der Waals surface area contributed by atoms with Crippen LogP contribution in [0, 0.1) is 33.5 Å². The fourth-order valence-corrected chi connectivity index (χ4v) is 9.22. The van der Waals surface area contributed by atoms with Crippen LogP contribution >= 0.6 is 46.4 Å². The van der Waals surface area contributed by atoms with Crippen molar-refractivity contribution in [3.63, 3.8) is 0 Å². The van der Waals surface area contributed by atoms with Gasteiger partial charge in [-0.25, -0.2) is 24.9 Å². The van der Waals surface area contributed by atoms with Crippen molar-refractivity contribution in [3.8, 4) is 46.2 Å². The van der Waals surface area contributed by atoms with Crippen LogP contribution in [0.3, 0.4) is 0 Å². The molecule has 2 aromatic carbocycles. The number of carbonyl (C=O) groups is 2. The zero-order chi connectivity index (χ0) is 49.9. The molecule has 2 aliphatic carbocycles. The van der Waals surface area contributed by atoms with Crippen LogP contribution in [0.1, 0.15) is 53.0 Å². The van der Waals surface area contributed by atoms with Crippen molar-refractivity contribution in [2.24, 2.45) is 10.8 Å². The molecule has 5 N–H and O–H groups in total. The van der Waals surface area contributed by atoms with Gasteiger partial charge in [0.2, 0.25) is 17.8 Å². The summed E-state index contributed by atoms with van der Waals surface area (Å²) in [5.41, 5.74) is 15.8. The average Bonchev–Trinajstić information content (AvgIpc) is 3.77. The van der Waals surface area contributed by atoms with Gasteiger partial charge in [-0.1, -0.05) is 46.4 Å². The molecule has 2 saturated carbocycles. The molecule has 4 aliphatic rings. The molecule has 0 unspecified atom stereocenters. The number of fused-ring (bicyclic) bond motifs is 2. The molecule has 2 aliphatic heterocycles. The first kappa shape index (κ1) is 48.7. The lowest BCUT2D eigenvalue weighted by Gasteiger charge is -2.18. The van der Waals surface area contributed by atoms with Gasteiger partial charge in [0.15, 0.2) is 0 Å². The van der Waals surface area contributed by atoms with E-state index >= 15 is 0 Å². The first-order valence-electron chi connectivity index (χ1n) is 22.2. The first-order chi connectivity index (χ1) is 34.3. The topological polar surface area (TPSA) is 273 Å². The maximum absolute atomic E-state index is 12.9. The van der Waals surface area contributed by atoms with Gasteiger partial charge < -0.3 is 31.2 Å². The molecule has 0 saturated heterocycles. The monoisotopic (exact) mass is 1030 g/mol. The van der Waals surface area contributed by atoms with Crippen LogP contribution in [-0.2, 0) is 44.1 Å². The number of nitrogens with two attached hydrogens (primary N) is 2. The summed E-state index contributed by atoms with van der Waals surface area (Å²) in [5, 5.41) is 31.4. The lowest BCUT2D eigenvalue weighted by Crippen LogP contribution is -2.32. The predicted octanol–water partition coefficient (Wildman–Crippen LogP) is 7.19.